The zero-order valence-electron chi connectivity index (χ0n) is 15.6. The summed E-state index contributed by atoms with van der Waals surface area (Å²) in [5, 5.41) is 2.81. The number of benzene rings is 1. The lowest BCUT2D eigenvalue weighted by atomic mass is 9.84. The molecule has 2 fully saturated rings. The smallest absolute Gasteiger partial charge is 0.265 e. The van der Waals surface area contributed by atoms with E-state index in [9.17, 15) is 14.4 Å². The predicted octanol–water partition coefficient (Wildman–Crippen LogP) is 1.42. The number of anilines is 1. The van der Waals surface area contributed by atoms with Gasteiger partial charge in [-0.25, -0.2) is 0 Å². The molecule has 1 aromatic rings. The van der Waals surface area contributed by atoms with Gasteiger partial charge >= 0.3 is 0 Å². The molecule has 0 aromatic heterocycles. The van der Waals surface area contributed by atoms with Crippen LogP contribution in [0.4, 0.5) is 5.69 Å². The molecule has 7 nitrogen and oxygen atoms in total. The second-order valence-corrected chi connectivity index (χ2v) is 7.59. The lowest BCUT2D eigenvalue weighted by molar-refractivity contribution is -0.143. The molecule has 3 amide bonds. The molecule has 0 radical (unpaired) electrons. The number of rotatable bonds is 3. The van der Waals surface area contributed by atoms with E-state index in [2.05, 4.69) is 5.32 Å². The Hall–Kier alpha value is -2.57. The van der Waals surface area contributed by atoms with E-state index in [1.54, 1.807) is 19.1 Å². The first kappa shape index (κ1) is 17.8. The van der Waals surface area contributed by atoms with Gasteiger partial charge in [-0.15, -0.1) is 0 Å². The minimum atomic E-state index is -0.510. The third-order valence-electron chi connectivity index (χ3n) is 5.73. The lowest BCUT2D eigenvalue weighted by Gasteiger charge is -2.38. The van der Waals surface area contributed by atoms with Crippen LogP contribution in [0.15, 0.2) is 18.2 Å². The van der Waals surface area contributed by atoms with Gasteiger partial charge in [0, 0.05) is 32.1 Å². The van der Waals surface area contributed by atoms with E-state index in [1.165, 1.54) is 0 Å². The Morgan fingerprint density at radius 3 is 2.52 bits per heavy atom. The Labute approximate surface area is 158 Å². The van der Waals surface area contributed by atoms with Gasteiger partial charge in [0.05, 0.1) is 12.1 Å². The molecule has 1 aromatic carbocycles. The van der Waals surface area contributed by atoms with Crippen molar-refractivity contribution in [2.45, 2.75) is 38.7 Å². The van der Waals surface area contributed by atoms with Gasteiger partial charge in [0.15, 0.2) is 6.10 Å². The Kier molecular flexibility index (Phi) is 4.76. The first-order chi connectivity index (χ1) is 13.0. The van der Waals surface area contributed by atoms with Crippen LogP contribution in [0, 0.1) is 5.92 Å². The first-order valence-corrected chi connectivity index (χ1v) is 9.68. The van der Waals surface area contributed by atoms with Gasteiger partial charge in [-0.2, -0.15) is 0 Å². The second-order valence-electron chi connectivity index (χ2n) is 7.59. The largest absolute Gasteiger partial charge is 0.479 e. The number of carbonyl (C=O) groups is 3. The highest BCUT2D eigenvalue weighted by atomic mass is 16.5. The molecule has 7 heteroatoms. The Balaban J connectivity index is 1.33. The minimum absolute atomic E-state index is 0.0436. The lowest BCUT2D eigenvalue weighted by Crippen LogP contribution is -2.52. The fraction of sp³-hybridized carbons (Fsp3) is 0.550. The number of piperazine rings is 1. The molecule has 2 aliphatic heterocycles. The summed E-state index contributed by atoms with van der Waals surface area (Å²) in [5.74, 6) is 0.956. The molecule has 0 spiro atoms. The van der Waals surface area contributed by atoms with Crippen molar-refractivity contribution in [3.05, 3.63) is 23.8 Å². The number of nitrogens with one attached hydrogen (secondary N) is 1. The highest BCUT2D eigenvalue weighted by Gasteiger charge is 2.32. The van der Waals surface area contributed by atoms with Crippen LogP contribution in [-0.4, -0.2) is 59.8 Å². The van der Waals surface area contributed by atoms with E-state index >= 15 is 0 Å². The van der Waals surface area contributed by atoms with Gasteiger partial charge in [0.1, 0.15) is 5.75 Å². The third kappa shape index (κ3) is 3.63. The number of hydrogen-bond donors (Lipinski definition) is 1. The van der Waals surface area contributed by atoms with Crippen molar-refractivity contribution in [2.24, 2.45) is 5.92 Å². The number of hydrogen-bond acceptors (Lipinski definition) is 4. The summed E-state index contributed by atoms with van der Waals surface area (Å²) in [5.41, 5.74) is 1.45. The molecule has 1 unspecified atom stereocenters. The zero-order valence-corrected chi connectivity index (χ0v) is 15.6. The molecule has 1 saturated carbocycles. The van der Waals surface area contributed by atoms with Crippen molar-refractivity contribution in [1.82, 2.24) is 9.80 Å². The summed E-state index contributed by atoms with van der Waals surface area (Å²) in [7, 11) is 0. The summed E-state index contributed by atoms with van der Waals surface area (Å²) in [6.07, 6.45) is 2.93. The molecule has 144 valence electrons. The molecule has 1 aliphatic carbocycles. The minimum Gasteiger partial charge on any atom is -0.479 e. The number of carbonyl (C=O) groups excluding carboxylic acids is 3. The van der Waals surface area contributed by atoms with Crippen molar-refractivity contribution in [3.63, 3.8) is 0 Å². The predicted molar refractivity (Wildman–Crippen MR) is 99.4 cm³/mol. The molecule has 0 bridgehead atoms. The highest BCUT2D eigenvalue weighted by Crippen LogP contribution is 2.31. The monoisotopic (exact) mass is 371 g/mol. The van der Waals surface area contributed by atoms with Crippen LogP contribution in [0.1, 0.15) is 31.7 Å². The van der Waals surface area contributed by atoms with Gasteiger partial charge in [-0.05, 0) is 37.5 Å². The van der Waals surface area contributed by atoms with Crippen molar-refractivity contribution >= 4 is 23.4 Å². The number of amides is 3. The van der Waals surface area contributed by atoms with Crippen LogP contribution in [0.5, 0.6) is 5.75 Å². The molecule has 2 heterocycles. The van der Waals surface area contributed by atoms with Gasteiger partial charge in [-0.3, -0.25) is 14.4 Å². The van der Waals surface area contributed by atoms with E-state index in [0.29, 0.717) is 37.6 Å². The van der Waals surface area contributed by atoms with E-state index in [4.69, 9.17) is 4.74 Å². The number of ether oxygens (including phenoxy) is 1. The van der Waals surface area contributed by atoms with E-state index < -0.39 is 6.10 Å². The van der Waals surface area contributed by atoms with Gasteiger partial charge in [-0.1, -0.05) is 12.5 Å². The van der Waals surface area contributed by atoms with Gasteiger partial charge < -0.3 is 19.9 Å². The van der Waals surface area contributed by atoms with Gasteiger partial charge in [0.2, 0.25) is 11.8 Å². The standard InChI is InChI=1S/C20H25N3O4/c1-13-19(25)21-16-11-14(5-6-17(16)27-13)12-18(24)22-7-9-23(10-8-22)20(26)15-3-2-4-15/h5-6,11,13,15H,2-4,7-10,12H2,1H3,(H,21,25). The molecular formula is C20H25N3O4. The van der Waals surface area contributed by atoms with Crippen LogP contribution in [0.25, 0.3) is 0 Å². The van der Waals surface area contributed by atoms with Crippen molar-refractivity contribution in [2.75, 3.05) is 31.5 Å². The molecular weight excluding hydrogens is 346 g/mol. The Bertz CT molecular complexity index is 766. The van der Waals surface area contributed by atoms with E-state index in [1.807, 2.05) is 15.9 Å². The number of nitrogens with zero attached hydrogens (tertiary/aromatic N) is 2. The normalized spacial score (nSPS) is 22.4. The van der Waals surface area contributed by atoms with Crippen molar-refractivity contribution in [1.29, 1.82) is 0 Å². The van der Waals surface area contributed by atoms with Gasteiger partial charge in [0.25, 0.3) is 5.91 Å². The summed E-state index contributed by atoms with van der Waals surface area (Å²) >= 11 is 0. The quantitative estimate of drug-likeness (QED) is 0.872. The van der Waals surface area contributed by atoms with Crippen molar-refractivity contribution < 1.29 is 19.1 Å². The van der Waals surface area contributed by atoms with Crippen LogP contribution in [0.3, 0.4) is 0 Å². The molecule has 1 saturated heterocycles. The summed E-state index contributed by atoms with van der Waals surface area (Å²) in [6, 6.07) is 5.45. The van der Waals surface area contributed by atoms with Crippen LogP contribution in [-0.2, 0) is 20.8 Å². The molecule has 1 N–H and O–H groups in total. The average molecular weight is 371 g/mol. The maximum Gasteiger partial charge on any atom is 0.265 e. The molecule has 1 atom stereocenters. The van der Waals surface area contributed by atoms with Crippen LogP contribution < -0.4 is 10.1 Å². The van der Waals surface area contributed by atoms with Crippen molar-refractivity contribution in [3.8, 4) is 5.75 Å². The average Bonchev–Trinajstić information content (AvgIpc) is 2.61. The Morgan fingerprint density at radius 2 is 1.85 bits per heavy atom. The third-order valence-corrected chi connectivity index (χ3v) is 5.73. The maximum absolute atomic E-state index is 12.6. The maximum atomic E-state index is 12.6. The molecule has 4 rings (SSSR count). The second kappa shape index (κ2) is 7.21. The molecule has 3 aliphatic rings. The molecule has 27 heavy (non-hydrogen) atoms. The Morgan fingerprint density at radius 1 is 1.15 bits per heavy atom. The van der Waals surface area contributed by atoms with Crippen LogP contribution >= 0.6 is 0 Å². The van der Waals surface area contributed by atoms with E-state index in [0.717, 1.165) is 24.8 Å². The summed E-state index contributed by atoms with van der Waals surface area (Å²) in [6.45, 7) is 4.10. The number of fused-ring (bicyclic) bond motifs is 1. The summed E-state index contributed by atoms with van der Waals surface area (Å²) < 4.78 is 5.54. The summed E-state index contributed by atoms with van der Waals surface area (Å²) in [4.78, 5) is 40.4. The fourth-order valence-electron chi connectivity index (χ4n) is 3.74. The topological polar surface area (TPSA) is 79.0 Å². The SMILES string of the molecule is CC1Oc2ccc(CC(=O)N3CCN(C(=O)C4CCC4)CC3)cc2NC1=O. The van der Waals surface area contributed by atoms with E-state index in [-0.39, 0.29) is 30.1 Å². The highest BCUT2D eigenvalue weighted by molar-refractivity contribution is 5.97. The zero-order chi connectivity index (χ0) is 19.0. The van der Waals surface area contributed by atoms with Crippen LogP contribution in [0.2, 0.25) is 0 Å². The fourth-order valence-corrected chi connectivity index (χ4v) is 3.74. The first-order valence-electron chi connectivity index (χ1n) is 9.68.